The van der Waals surface area contributed by atoms with Gasteiger partial charge in [-0.3, -0.25) is 0 Å². The van der Waals surface area contributed by atoms with Crippen LogP contribution in [-0.2, 0) is 0 Å². The van der Waals surface area contributed by atoms with Crippen molar-refractivity contribution in [3.63, 3.8) is 0 Å². The van der Waals surface area contributed by atoms with Gasteiger partial charge in [-0.1, -0.05) is 0 Å². The van der Waals surface area contributed by atoms with Crippen LogP contribution in [0.3, 0.4) is 0 Å². The first kappa shape index (κ1) is 9.12. The van der Waals surface area contributed by atoms with Crippen molar-refractivity contribution in [1.82, 2.24) is 0 Å². The van der Waals surface area contributed by atoms with E-state index in [0.717, 1.165) is 12.1 Å². The number of carbonyl (C=O) groups is 1. The number of benzene rings is 1. The first-order valence-electron chi connectivity index (χ1n) is 2.89. The van der Waals surface area contributed by atoms with E-state index in [4.69, 9.17) is 0 Å². The first-order valence-corrected chi connectivity index (χ1v) is 3.68. The van der Waals surface area contributed by atoms with E-state index < -0.39 is 23.2 Å². The minimum atomic E-state index is -1.87. The summed E-state index contributed by atoms with van der Waals surface area (Å²) in [5.41, 5.74) is -1.05. The molecule has 0 aliphatic carbocycles. The van der Waals surface area contributed by atoms with Gasteiger partial charge < -0.3 is 9.90 Å². The summed E-state index contributed by atoms with van der Waals surface area (Å²) < 4.78 is 25.3. The zero-order chi connectivity index (χ0) is 9.30. The molecule has 0 bridgehead atoms. The summed E-state index contributed by atoms with van der Waals surface area (Å²) in [5, 5.41) is 10.2. The Bertz CT molecular complexity index is 338. The summed E-state index contributed by atoms with van der Waals surface area (Å²) in [6, 6.07) is 1.93. The third kappa shape index (κ3) is 1.45. The minimum Gasteiger partial charge on any atom is -0.545 e. The topological polar surface area (TPSA) is 40.1 Å². The Balaban J connectivity index is 3.43. The van der Waals surface area contributed by atoms with Gasteiger partial charge in [0.2, 0.25) is 0 Å². The maximum absolute atomic E-state index is 12.8. The maximum Gasteiger partial charge on any atom is 0.149 e. The van der Waals surface area contributed by atoms with Gasteiger partial charge in [0.05, 0.1) is 16.0 Å². The van der Waals surface area contributed by atoms with Gasteiger partial charge in [-0.15, -0.1) is 0 Å². The van der Waals surface area contributed by atoms with E-state index in [1.807, 2.05) is 0 Å². The molecule has 1 aromatic carbocycles. The number of hydrogen-bond acceptors (Lipinski definition) is 2. The van der Waals surface area contributed by atoms with E-state index in [2.05, 4.69) is 15.9 Å². The fraction of sp³-hybridized carbons (Fsp3) is 0. The third-order valence-electron chi connectivity index (χ3n) is 1.25. The van der Waals surface area contributed by atoms with Gasteiger partial charge in [-0.2, -0.15) is 0 Å². The number of carbonyl (C=O) groups excluding carboxylic acids is 1. The molecule has 1 aromatic rings. The SMILES string of the molecule is O=C([O-])c1c(F)ccc(Br)c1F. The molecule has 64 valence electrons. The van der Waals surface area contributed by atoms with E-state index in [1.165, 1.54) is 0 Å². The molecule has 5 heteroatoms. The normalized spacial score (nSPS) is 9.92. The number of carboxylic acids is 1. The number of carboxylic acid groups (broad SMARTS) is 1. The fourth-order valence-electron chi connectivity index (χ4n) is 0.714. The van der Waals surface area contributed by atoms with E-state index in [9.17, 15) is 18.7 Å². The van der Waals surface area contributed by atoms with Crippen molar-refractivity contribution >= 4 is 21.9 Å². The quantitative estimate of drug-likeness (QED) is 0.684. The van der Waals surface area contributed by atoms with Crippen LogP contribution in [0.5, 0.6) is 0 Å². The lowest BCUT2D eigenvalue weighted by molar-refractivity contribution is -0.255. The lowest BCUT2D eigenvalue weighted by Crippen LogP contribution is -2.25. The molecular weight excluding hydrogens is 234 g/mol. The fourth-order valence-corrected chi connectivity index (χ4v) is 1.04. The van der Waals surface area contributed by atoms with Crippen molar-refractivity contribution in [1.29, 1.82) is 0 Å². The van der Waals surface area contributed by atoms with Crippen molar-refractivity contribution < 1.29 is 18.7 Å². The summed E-state index contributed by atoms with van der Waals surface area (Å²) in [6.45, 7) is 0. The van der Waals surface area contributed by atoms with Crippen LogP contribution in [0, 0.1) is 11.6 Å². The first-order chi connectivity index (χ1) is 5.54. The Morgan fingerprint density at radius 3 is 2.42 bits per heavy atom. The van der Waals surface area contributed by atoms with Gasteiger partial charge in [0.25, 0.3) is 0 Å². The van der Waals surface area contributed by atoms with Crippen LogP contribution in [0.4, 0.5) is 8.78 Å². The van der Waals surface area contributed by atoms with Crippen molar-refractivity contribution in [2.75, 3.05) is 0 Å². The van der Waals surface area contributed by atoms with Gasteiger partial charge in [-0.05, 0) is 28.1 Å². The van der Waals surface area contributed by atoms with E-state index in [-0.39, 0.29) is 4.47 Å². The van der Waals surface area contributed by atoms with Crippen molar-refractivity contribution in [2.45, 2.75) is 0 Å². The molecule has 0 atom stereocenters. The number of halogens is 3. The second-order valence-electron chi connectivity index (χ2n) is 2.01. The molecule has 0 aliphatic heterocycles. The molecule has 12 heavy (non-hydrogen) atoms. The number of aromatic carboxylic acids is 1. The molecule has 0 amide bonds. The van der Waals surface area contributed by atoms with E-state index in [0.29, 0.717) is 0 Å². The molecule has 2 nitrogen and oxygen atoms in total. The Morgan fingerprint density at radius 2 is 2.00 bits per heavy atom. The Kier molecular flexibility index (Phi) is 2.42. The van der Waals surface area contributed by atoms with Crippen LogP contribution in [0.1, 0.15) is 10.4 Å². The summed E-state index contributed by atoms with van der Waals surface area (Å²) in [5.74, 6) is -4.17. The highest BCUT2D eigenvalue weighted by atomic mass is 79.9. The predicted molar refractivity (Wildman–Crippen MR) is 38.4 cm³/mol. The molecule has 0 aromatic heterocycles. The zero-order valence-electron chi connectivity index (χ0n) is 5.61. The molecule has 0 aliphatic rings. The van der Waals surface area contributed by atoms with Crippen molar-refractivity contribution in [3.8, 4) is 0 Å². The van der Waals surface area contributed by atoms with Gasteiger partial charge in [0.15, 0.2) is 0 Å². The van der Waals surface area contributed by atoms with E-state index in [1.54, 1.807) is 0 Å². The number of rotatable bonds is 1. The Labute approximate surface area is 75.0 Å². The molecule has 0 saturated carbocycles. The van der Waals surface area contributed by atoms with E-state index >= 15 is 0 Å². The van der Waals surface area contributed by atoms with Crippen LogP contribution in [-0.4, -0.2) is 5.97 Å². The summed E-state index contributed by atoms with van der Waals surface area (Å²) in [7, 11) is 0. The third-order valence-corrected chi connectivity index (χ3v) is 1.86. The Hall–Kier alpha value is -0.970. The van der Waals surface area contributed by atoms with Crippen LogP contribution >= 0.6 is 15.9 Å². The molecule has 0 spiro atoms. The molecular formula is C7H2BrF2O2-. The average molecular weight is 236 g/mol. The molecule has 0 heterocycles. The van der Waals surface area contributed by atoms with Crippen LogP contribution in [0.25, 0.3) is 0 Å². The number of hydrogen-bond donors (Lipinski definition) is 0. The molecule has 0 unspecified atom stereocenters. The van der Waals surface area contributed by atoms with Gasteiger partial charge in [0, 0.05) is 0 Å². The van der Waals surface area contributed by atoms with Gasteiger partial charge in [-0.25, -0.2) is 8.78 Å². The molecule has 0 fully saturated rings. The smallest absolute Gasteiger partial charge is 0.149 e. The predicted octanol–water partition coefficient (Wildman–Crippen LogP) is 1.09. The van der Waals surface area contributed by atoms with Gasteiger partial charge >= 0.3 is 0 Å². The van der Waals surface area contributed by atoms with Crippen LogP contribution in [0.15, 0.2) is 16.6 Å². The summed E-state index contributed by atoms with van der Waals surface area (Å²) >= 11 is 2.72. The van der Waals surface area contributed by atoms with Crippen molar-refractivity contribution in [3.05, 3.63) is 33.8 Å². The summed E-state index contributed by atoms with van der Waals surface area (Å²) in [6.07, 6.45) is 0. The second-order valence-corrected chi connectivity index (χ2v) is 2.86. The summed E-state index contributed by atoms with van der Waals surface area (Å²) in [4.78, 5) is 10.2. The lowest BCUT2D eigenvalue weighted by Gasteiger charge is -2.05. The molecule has 0 saturated heterocycles. The highest BCUT2D eigenvalue weighted by Crippen LogP contribution is 2.20. The van der Waals surface area contributed by atoms with Gasteiger partial charge in [0.1, 0.15) is 11.6 Å². The standard InChI is InChI=1S/C7H3BrF2O2/c8-3-1-2-4(9)5(6(3)10)7(11)12/h1-2H,(H,11,12)/p-1. The second kappa shape index (κ2) is 3.18. The Morgan fingerprint density at radius 1 is 1.42 bits per heavy atom. The molecule has 1 rings (SSSR count). The monoisotopic (exact) mass is 235 g/mol. The minimum absolute atomic E-state index is 0.108. The highest BCUT2D eigenvalue weighted by Gasteiger charge is 2.12. The van der Waals surface area contributed by atoms with Crippen LogP contribution in [0.2, 0.25) is 0 Å². The highest BCUT2D eigenvalue weighted by molar-refractivity contribution is 9.10. The molecule has 0 N–H and O–H groups in total. The van der Waals surface area contributed by atoms with Crippen LogP contribution < -0.4 is 5.11 Å². The molecule has 0 radical (unpaired) electrons. The lowest BCUT2D eigenvalue weighted by atomic mass is 10.2. The maximum atomic E-state index is 12.8. The average Bonchev–Trinajstić information content (AvgIpc) is 1.97. The zero-order valence-corrected chi connectivity index (χ0v) is 7.19. The van der Waals surface area contributed by atoms with Crippen molar-refractivity contribution in [2.24, 2.45) is 0 Å². The largest absolute Gasteiger partial charge is 0.545 e.